The Morgan fingerprint density at radius 2 is 1.67 bits per heavy atom. The van der Waals surface area contributed by atoms with Gasteiger partial charge in [-0.1, -0.05) is 12.1 Å². The van der Waals surface area contributed by atoms with Crippen molar-refractivity contribution in [1.29, 1.82) is 0 Å². The number of ether oxygens (including phenoxy) is 2. The van der Waals surface area contributed by atoms with Crippen LogP contribution in [0, 0.1) is 5.82 Å². The maximum absolute atomic E-state index is 13.6. The van der Waals surface area contributed by atoms with Gasteiger partial charge in [0.2, 0.25) is 0 Å². The van der Waals surface area contributed by atoms with Crippen molar-refractivity contribution in [2.45, 2.75) is 18.6 Å². The van der Waals surface area contributed by atoms with Crippen molar-refractivity contribution < 1.29 is 36.6 Å². The molecule has 1 atom stereocenters. The Kier molecular flexibility index (Phi) is 7.89. The summed E-state index contributed by atoms with van der Waals surface area (Å²) >= 11 is 0. The van der Waals surface area contributed by atoms with Crippen LogP contribution >= 0.6 is 0 Å². The molecule has 204 valence electrons. The molecular formula is C28H25F4N3O4. The SMILES string of the molecule is COc1ccc(C2=NN(C(=O)CN(C)C(=O)c3ccc(C(F)(F)F)cc3)[C@H](c3ccc(F)cc3)C2)c(OC)c1. The number of hydrazone groups is 1. The molecule has 0 N–H and O–H groups in total. The van der Waals surface area contributed by atoms with Gasteiger partial charge < -0.3 is 14.4 Å². The maximum Gasteiger partial charge on any atom is 0.416 e. The predicted octanol–water partition coefficient (Wildman–Crippen LogP) is 5.31. The standard InChI is InChI=1S/C28H25F4N3O4/c1-34(27(37)18-4-8-19(9-5-18)28(30,31)32)16-26(36)35-24(17-6-10-20(29)11-7-17)15-23(33-35)22-13-12-21(38-2)14-25(22)39-3/h4-14,24H,15-16H2,1-3H3/t24-/m0/s1. The summed E-state index contributed by atoms with van der Waals surface area (Å²) in [7, 11) is 4.39. The van der Waals surface area contributed by atoms with Crippen LogP contribution in [-0.4, -0.2) is 55.2 Å². The van der Waals surface area contributed by atoms with E-state index in [1.54, 1.807) is 30.3 Å². The fourth-order valence-electron chi connectivity index (χ4n) is 4.25. The van der Waals surface area contributed by atoms with Crippen LogP contribution in [0.15, 0.2) is 71.8 Å². The third-order valence-electron chi connectivity index (χ3n) is 6.32. The fourth-order valence-corrected chi connectivity index (χ4v) is 4.25. The van der Waals surface area contributed by atoms with Crippen LogP contribution in [0.1, 0.15) is 39.5 Å². The van der Waals surface area contributed by atoms with Crippen molar-refractivity contribution in [3.05, 3.63) is 94.8 Å². The van der Waals surface area contributed by atoms with Gasteiger partial charge in [0.25, 0.3) is 11.8 Å². The van der Waals surface area contributed by atoms with Gasteiger partial charge in [-0.2, -0.15) is 18.3 Å². The maximum atomic E-state index is 13.6. The molecular weight excluding hydrogens is 518 g/mol. The first kappa shape index (κ1) is 27.6. The second-order valence-electron chi connectivity index (χ2n) is 8.86. The van der Waals surface area contributed by atoms with E-state index in [1.165, 1.54) is 38.4 Å². The summed E-state index contributed by atoms with van der Waals surface area (Å²) in [6.45, 7) is -0.395. The molecule has 0 aromatic heterocycles. The molecule has 0 radical (unpaired) electrons. The molecule has 0 aliphatic carbocycles. The zero-order chi connectivity index (χ0) is 28.3. The van der Waals surface area contributed by atoms with Crippen LogP contribution < -0.4 is 9.47 Å². The van der Waals surface area contributed by atoms with E-state index >= 15 is 0 Å². The number of rotatable bonds is 7. The van der Waals surface area contributed by atoms with E-state index in [2.05, 4.69) is 5.10 Å². The molecule has 0 saturated heterocycles. The zero-order valence-corrected chi connectivity index (χ0v) is 21.3. The molecule has 7 nitrogen and oxygen atoms in total. The molecule has 2 amide bonds. The van der Waals surface area contributed by atoms with Crippen molar-refractivity contribution in [3.8, 4) is 11.5 Å². The lowest BCUT2D eigenvalue weighted by Gasteiger charge is -2.25. The van der Waals surface area contributed by atoms with E-state index in [-0.39, 0.29) is 12.0 Å². The fraction of sp³-hybridized carbons (Fsp3) is 0.250. The lowest BCUT2D eigenvalue weighted by Crippen LogP contribution is -2.39. The van der Waals surface area contributed by atoms with Crippen molar-refractivity contribution in [2.24, 2.45) is 5.10 Å². The van der Waals surface area contributed by atoms with Gasteiger partial charge in [-0.15, -0.1) is 0 Å². The highest BCUT2D eigenvalue weighted by Gasteiger charge is 2.35. The van der Waals surface area contributed by atoms with Crippen molar-refractivity contribution in [3.63, 3.8) is 0 Å². The predicted molar refractivity (Wildman–Crippen MR) is 135 cm³/mol. The van der Waals surface area contributed by atoms with Gasteiger partial charge in [-0.25, -0.2) is 9.40 Å². The number of carbonyl (C=O) groups is 2. The molecule has 0 unspecified atom stereocenters. The first-order valence-electron chi connectivity index (χ1n) is 11.8. The van der Waals surface area contributed by atoms with Crippen molar-refractivity contribution >= 4 is 17.5 Å². The number of carbonyl (C=O) groups excluding carboxylic acids is 2. The molecule has 3 aromatic carbocycles. The largest absolute Gasteiger partial charge is 0.497 e. The van der Waals surface area contributed by atoms with Gasteiger partial charge in [-0.3, -0.25) is 9.59 Å². The first-order valence-corrected chi connectivity index (χ1v) is 11.8. The van der Waals surface area contributed by atoms with E-state index < -0.39 is 42.0 Å². The molecule has 0 saturated carbocycles. The topological polar surface area (TPSA) is 71.4 Å². The van der Waals surface area contributed by atoms with Crippen LogP contribution in [0.3, 0.4) is 0 Å². The van der Waals surface area contributed by atoms with Crippen molar-refractivity contribution in [2.75, 3.05) is 27.8 Å². The number of nitrogens with zero attached hydrogens (tertiary/aromatic N) is 3. The van der Waals surface area contributed by atoms with Gasteiger partial charge in [0.05, 0.1) is 31.5 Å². The Morgan fingerprint density at radius 3 is 2.26 bits per heavy atom. The average molecular weight is 544 g/mol. The number of halogens is 4. The average Bonchev–Trinajstić information content (AvgIpc) is 3.37. The van der Waals surface area contributed by atoms with Gasteiger partial charge in [0.1, 0.15) is 23.9 Å². The van der Waals surface area contributed by atoms with E-state index in [4.69, 9.17) is 9.47 Å². The van der Waals surface area contributed by atoms with Crippen LogP contribution in [0.4, 0.5) is 17.6 Å². The lowest BCUT2D eigenvalue weighted by molar-refractivity contribution is -0.137. The quantitative estimate of drug-likeness (QED) is 0.379. The molecule has 11 heteroatoms. The minimum absolute atomic E-state index is 0.00182. The smallest absolute Gasteiger partial charge is 0.416 e. The Morgan fingerprint density at radius 1 is 1.00 bits per heavy atom. The Balaban J connectivity index is 1.60. The van der Waals surface area contributed by atoms with Crippen LogP contribution in [0.2, 0.25) is 0 Å². The monoisotopic (exact) mass is 543 g/mol. The van der Waals surface area contributed by atoms with Gasteiger partial charge in [0, 0.05) is 30.7 Å². The minimum Gasteiger partial charge on any atom is -0.497 e. The number of amides is 2. The lowest BCUT2D eigenvalue weighted by atomic mass is 9.97. The molecule has 0 fully saturated rings. The summed E-state index contributed by atoms with van der Waals surface area (Å²) < 4.78 is 63.0. The number of hydrogen-bond donors (Lipinski definition) is 0. The highest BCUT2D eigenvalue weighted by molar-refractivity contribution is 6.05. The van der Waals surface area contributed by atoms with Crippen molar-refractivity contribution in [1.82, 2.24) is 9.91 Å². The number of hydrogen-bond acceptors (Lipinski definition) is 5. The summed E-state index contributed by atoms with van der Waals surface area (Å²) in [6.07, 6.45) is -4.24. The zero-order valence-electron chi connectivity index (χ0n) is 21.3. The third-order valence-corrected chi connectivity index (χ3v) is 6.32. The van der Waals surface area contributed by atoms with Gasteiger partial charge >= 0.3 is 6.18 Å². The second-order valence-corrected chi connectivity index (χ2v) is 8.86. The molecule has 3 aromatic rings. The molecule has 0 spiro atoms. The highest BCUT2D eigenvalue weighted by atomic mass is 19.4. The van der Waals surface area contributed by atoms with E-state index in [1.807, 2.05) is 0 Å². The van der Waals surface area contributed by atoms with E-state index in [0.29, 0.717) is 28.3 Å². The molecule has 4 rings (SSSR count). The Labute approximate surface area is 222 Å². The molecule has 1 heterocycles. The summed E-state index contributed by atoms with van der Waals surface area (Å²) in [5.74, 6) is -0.546. The normalized spacial score (nSPS) is 15.1. The number of benzene rings is 3. The summed E-state index contributed by atoms with van der Waals surface area (Å²) in [6, 6.07) is 14.0. The van der Waals surface area contributed by atoms with Crippen LogP contribution in [0.5, 0.6) is 11.5 Å². The van der Waals surface area contributed by atoms with E-state index in [0.717, 1.165) is 29.2 Å². The van der Waals surface area contributed by atoms with Gasteiger partial charge in [0.15, 0.2) is 0 Å². The molecule has 0 bridgehead atoms. The molecule has 1 aliphatic heterocycles. The highest BCUT2D eigenvalue weighted by Crippen LogP contribution is 2.36. The van der Waals surface area contributed by atoms with E-state index in [9.17, 15) is 27.2 Å². The molecule has 39 heavy (non-hydrogen) atoms. The minimum atomic E-state index is -4.53. The first-order chi connectivity index (χ1) is 18.5. The summed E-state index contributed by atoms with van der Waals surface area (Å²) in [5, 5.41) is 5.79. The number of methoxy groups -OCH3 is 2. The second kappa shape index (κ2) is 11.1. The van der Waals surface area contributed by atoms with Crippen LogP contribution in [-0.2, 0) is 11.0 Å². The molecule has 1 aliphatic rings. The summed E-state index contributed by atoms with van der Waals surface area (Å²) in [4.78, 5) is 27.4. The third kappa shape index (κ3) is 6.02. The summed E-state index contributed by atoms with van der Waals surface area (Å²) in [5.41, 5.74) is 0.922. The van der Waals surface area contributed by atoms with Gasteiger partial charge in [-0.05, 0) is 54.1 Å². The Bertz CT molecular complexity index is 1390. The van der Waals surface area contributed by atoms with Crippen LogP contribution in [0.25, 0.3) is 0 Å². The number of alkyl halides is 3. The Hall–Kier alpha value is -4.41. The number of likely N-dealkylation sites (N-methyl/N-ethyl adjacent to an activating group) is 1.